The Balaban J connectivity index is -0.00000112. The Morgan fingerprint density at radius 3 is 2.17 bits per heavy atom. The SMILES string of the molecule is C.C.CNCC[C@H](NC(=O)/C=C/C(C)=O)C(=O)O. The highest BCUT2D eigenvalue weighted by atomic mass is 16.4. The fourth-order valence-electron chi connectivity index (χ4n) is 0.959. The van der Waals surface area contributed by atoms with Crippen molar-refractivity contribution in [1.82, 2.24) is 10.6 Å². The number of carboxylic acid groups (broad SMARTS) is 1. The van der Waals surface area contributed by atoms with Gasteiger partial charge in [-0.25, -0.2) is 4.79 Å². The molecule has 18 heavy (non-hydrogen) atoms. The molecule has 0 saturated carbocycles. The van der Waals surface area contributed by atoms with Crippen LogP contribution >= 0.6 is 0 Å². The minimum atomic E-state index is -1.10. The maximum atomic E-state index is 11.2. The third-order valence-corrected chi connectivity index (χ3v) is 1.77. The first-order valence-corrected chi connectivity index (χ1v) is 4.84. The average molecular weight is 260 g/mol. The van der Waals surface area contributed by atoms with Crippen LogP contribution in [-0.4, -0.2) is 42.4 Å². The maximum Gasteiger partial charge on any atom is 0.326 e. The van der Waals surface area contributed by atoms with Gasteiger partial charge < -0.3 is 15.7 Å². The lowest BCUT2D eigenvalue weighted by Crippen LogP contribution is -2.41. The molecule has 0 aromatic carbocycles. The number of hydrogen-bond acceptors (Lipinski definition) is 4. The van der Waals surface area contributed by atoms with Crippen molar-refractivity contribution in [2.75, 3.05) is 13.6 Å². The minimum Gasteiger partial charge on any atom is -0.480 e. The van der Waals surface area contributed by atoms with Crippen molar-refractivity contribution in [3.8, 4) is 0 Å². The molecule has 106 valence electrons. The Labute approximate surface area is 108 Å². The predicted octanol–water partition coefficient (Wildman–Crippen LogP) is 0.583. The topological polar surface area (TPSA) is 95.5 Å². The van der Waals surface area contributed by atoms with E-state index in [4.69, 9.17) is 5.11 Å². The summed E-state index contributed by atoms with van der Waals surface area (Å²) in [6, 6.07) is -0.948. The number of carboxylic acids is 1. The first kappa shape index (κ1) is 21.6. The van der Waals surface area contributed by atoms with Crippen LogP contribution in [0.4, 0.5) is 0 Å². The molecule has 0 aliphatic heterocycles. The van der Waals surface area contributed by atoms with Crippen molar-refractivity contribution in [3.05, 3.63) is 12.2 Å². The van der Waals surface area contributed by atoms with E-state index in [9.17, 15) is 14.4 Å². The zero-order valence-corrected chi connectivity index (χ0v) is 9.32. The number of nitrogens with one attached hydrogen (secondary N) is 2. The molecule has 0 rings (SSSR count). The Hall–Kier alpha value is -1.69. The van der Waals surface area contributed by atoms with Gasteiger partial charge >= 0.3 is 5.97 Å². The molecule has 0 spiro atoms. The van der Waals surface area contributed by atoms with Crippen LogP contribution < -0.4 is 10.6 Å². The highest BCUT2D eigenvalue weighted by Crippen LogP contribution is 1.91. The standard InChI is InChI=1S/C10H16N2O4.2CH4/c1-7(13)3-4-9(14)12-8(10(15)16)5-6-11-2;;/h3-4,8,11H,5-6H2,1-2H3,(H,12,14)(H,15,16);2*1H4/b4-3+;;/t8-;;/m0../s1. The Bertz CT molecular complexity index is 300. The fraction of sp³-hybridized carbons (Fsp3) is 0.583. The lowest BCUT2D eigenvalue weighted by molar-refractivity contribution is -0.141. The zero-order chi connectivity index (χ0) is 12.6. The summed E-state index contributed by atoms with van der Waals surface area (Å²) in [4.78, 5) is 32.5. The van der Waals surface area contributed by atoms with Crippen LogP contribution in [0, 0.1) is 0 Å². The summed E-state index contributed by atoms with van der Waals surface area (Å²) >= 11 is 0. The third kappa shape index (κ3) is 10.8. The van der Waals surface area contributed by atoms with Crippen LogP contribution in [0.25, 0.3) is 0 Å². The number of hydrogen-bond donors (Lipinski definition) is 3. The molecule has 0 heterocycles. The number of ketones is 1. The molecule has 0 aliphatic rings. The van der Waals surface area contributed by atoms with Crippen molar-refractivity contribution >= 4 is 17.7 Å². The van der Waals surface area contributed by atoms with E-state index in [2.05, 4.69) is 10.6 Å². The van der Waals surface area contributed by atoms with Crippen molar-refractivity contribution in [3.63, 3.8) is 0 Å². The van der Waals surface area contributed by atoms with Crippen molar-refractivity contribution < 1.29 is 19.5 Å². The molecule has 0 bridgehead atoms. The molecule has 1 atom stereocenters. The molecule has 3 N–H and O–H groups in total. The summed E-state index contributed by atoms with van der Waals surface area (Å²) in [6.45, 7) is 1.78. The molecule has 0 aromatic heterocycles. The maximum absolute atomic E-state index is 11.2. The molecular weight excluding hydrogens is 236 g/mol. The fourth-order valence-corrected chi connectivity index (χ4v) is 0.959. The smallest absolute Gasteiger partial charge is 0.326 e. The number of carbonyl (C=O) groups is 3. The van der Waals surface area contributed by atoms with Gasteiger partial charge in [0.1, 0.15) is 6.04 Å². The number of carbonyl (C=O) groups excluding carboxylic acids is 2. The summed E-state index contributed by atoms with van der Waals surface area (Å²) in [5.74, 6) is -1.95. The molecule has 0 aromatic rings. The Morgan fingerprint density at radius 2 is 1.78 bits per heavy atom. The zero-order valence-electron chi connectivity index (χ0n) is 9.32. The Kier molecular flexibility index (Phi) is 14.1. The first-order valence-electron chi connectivity index (χ1n) is 4.84. The first-order chi connectivity index (χ1) is 7.47. The second-order valence-corrected chi connectivity index (χ2v) is 3.24. The molecule has 0 unspecified atom stereocenters. The van der Waals surface area contributed by atoms with Crippen molar-refractivity contribution in [1.29, 1.82) is 0 Å². The summed E-state index contributed by atoms with van der Waals surface area (Å²) in [5, 5.41) is 13.9. The number of allylic oxidation sites excluding steroid dienone is 1. The van der Waals surface area contributed by atoms with Gasteiger partial charge in [0.05, 0.1) is 0 Å². The molecule has 0 saturated heterocycles. The molecule has 0 fully saturated rings. The molecule has 6 nitrogen and oxygen atoms in total. The summed E-state index contributed by atoms with van der Waals surface area (Å²) < 4.78 is 0. The van der Waals surface area contributed by atoms with Crippen LogP contribution in [-0.2, 0) is 14.4 Å². The van der Waals surface area contributed by atoms with Gasteiger partial charge in [-0.05, 0) is 33.0 Å². The lowest BCUT2D eigenvalue weighted by Gasteiger charge is -2.12. The van der Waals surface area contributed by atoms with Gasteiger partial charge in [0.15, 0.2) is 5.78 Å². The van der Waals surface area contributed by atoms with E-state index >= 15 is 0 Å². The molecule has 0 aliphatic carbocycles. The van der Waals surface area contributed by atoms with Crippen molar-refractivity contribution in [2.24, 2.45) is 0 Å². The van der Waals surface area contributed by atoms with E-state index in [1.807, 2.05) is 0 Å². The quantitative estimate of drug-likeness (QED) is 0.582. The second-order valence-electron chi connectivity index (χ2n) is 3.24. The third-order valence-electron chi connectivity index (χ3n) is 1.77. The minimum absolute atomic E-state index is 0. The van der Waals surface area contributed by atoms with Gasteiger partial charge in [0, 0.05) is 6.08 Å². The van der Waals surface area contributed by atoms with Crippen LogP contribution in [0.15, 0.2) is 12.2 Å². The Morgan fingerprint density at radius 1 is 1.22 bits per heavy atom. The van der Waals surface area contributed by atoms with Gasteiger partial charge in [-0.1, -0.05) is 14.9 Å². The van der Waals surface area contributed by atoms with E-state index in [0.29, 0.717) is 6.54 Å². The van der Waals surface area contributed by atoms with E-state index in [0.717, 1.165) is 12.2 Å². The average Bonchev–Trinajstić information content (AvgIpc) is 2.20. The highest BCUT2D eigenvalue weighted by Gasteiger charge is 2.17. The largest absolute Gasteiger partial charge is 0.480 e. The summed E-state index contributed by atoms with van der Waals surface area (Å²) in [7, 11) is 1.69. The van der Waals surface area contributed by atoms with E-state index < -0.39 is 17.9 Å². The van der Waals surface area contributed by atoms with Crippen LogP contribution in [0.5, 0.6) is 0 Å². The van der Waals surface area contributed by atoms with E-state index in [1.54, 1.807) is 7.05 Å². The molecule has 0 radical (unpaired) electrons. The molecule has 1 amide bonds. The van der Waals surface area contributed by atoms with E-state index in [-0.39, 0.29) is 27.1 Å². The van der Waals surface area contributed by atoms with E-state index in [1.165, 1.54) is 6.92 Å². The summed E-state index contributed by atoms with van der Waals surface area (Å²) in [6.07, 6.45) is 2.40. The van der Waals surface area contributed by atoms with Crippen LogP contribution in [0.1, 0.15) is 28.2 Å². The number of amides is 1. The van der Waals surface area contributed by atoms with Gasteiger partial charge in [0.25, 0.3) is 0 Å². The highest BCUT2D eigenvalue weighted by molar-refractivity contribution is 5.97. The lowest BCUT2D eigenvalue weighted by atomic mass is 10.2. The van der Waals surface area contributed by atoms with Crippen LogP contribution in [0.2, 0.25) is 0 Å². The number of aliphatic carboxylic acids is 1. The van der Waals surface area contributed by atoms with Gasteiger partial charge in [-0.3, -0.25) is 9.59 Å². The number of rotatable bonds is 7. The normalized spacial score (nSPS) is 11.0. The predicted molar refractivity (Wildman–Crippen MR) is 71.4 cm³/mol. The molecular formula is C12H24N2O4. The van der Waals surface area contributed by atoms with Crippen LogP contribution in [0.3, 0.4) is 0 Å². The van der Waals surface area contributed by atoms with Gasteiger partial charge in [-0.15, -0.1) is 0 Å². The monoisotopic (exact) mass is 260 g/mol. The molecule has 6 heteroatoms. The van der Waals surface area contributed by atoms with Crippen molar-refractivity contribution in [2.45, 2.75) is 34.2 Å². The van der Waals surface area contributed by atoms with Gasteiger partial charge in [-0.2, -0.15) is 0 Å². The summed E-state index contributed by atoms with van der Waals surface area (Å²) in [5.41, 5.74) is 0. The second kappa shape index (κ2) is 11.8. The van der Waals surface area contributed by atoms with Gasteiger partial charge in [0.2, 0.25) is 5.91 Å².